The molecule has 0 bridgehead atoms. The molecular formula is C35H35N. The van der Waals surface area contributed by atoms with E-state index < -0.39 is 0 Å². The Morgan fingerprint density at radius 2 is 0.944 bits per heavy atom. The minimum Gasteiger partial charge on any atom is -0.248 e. The summed E-state index contributed by atoms with van der Waals surface area (Å²) in [5.74, 6) is 0. The smallest absolute Gasteiger partial charge is 0.0712 e. The third-order valence-corrected chi connectivity index (χ3v) is 7.00. The molecule has 1 heterocycles. The zero-order valence-electron chi connectivity index (χ0n) is 22.3. The van der Waals surface area contributed by atoms with E-state index in [-0.39, 0.29) is 10.8 Å². The Kier molecular flexibility index (Phi) is 6.04. The summed E-state index contributed by atoms with van der Waals surface area (Å²) in [6, 6.07) is 37.5. The standard InChI is InChI=1S/C35H35N/c1-34(2,3)30-17-13-24(14-18-30)26-9-7-10-27(21-26)28-11-8-12-29(22-28)32-20-16-25-15-19-31(35(4,5)6)23-33(25)36-32/h7-23H,1-6H3. The molecule has 0 saturated heterocycles. The molecule has 1 heteroatoms. The molecule has 36 heavy (non-hydrogen) atoms. The van der Waals surface area contributed by atoms with Crippen molar-refractivity contribution in [3.05, 3.63) is 114 Å². The van der Waals surface area contributed by atoms with Crippen LogP contribution in [-0.4, -0.2) is 4.98 Å². The highest BCUT2D eigenvalue weighted by molar-refractivity contribution is 5.83. The van der Waals surface area contributed by atoms with Gasteiger partial charge in [-0.15, -0.1) is 0 Å². The molecule has 0 radical (unpaired) electrons. The molecule has 0 atom stereocenters. The Labute approximate surface area is 215 Å². The van der Waals surface area contributed by atoms with Crippen LogP contribution in [0.1, 0.15) is 52.7 Å². The maximum Gasteiger partial charge on any atom is 0.0712 e. The predicted octanol–water partition coefficient (Wildman–Crippen LogP) is 9.83. The van der Waals surface area contributed by atoms with Gasteiger partial charge < -0.3 is 0 Å². The van der Waals surface area contributed by atoms with E-state index in [9.17, 15) is 0 Å². The summed E-state index contributed by atoms with van der Waals surface area (Å²) in [6.45, 7) is 13.5. The van der Waals surface area contributed by atoms with Gasteiger partial charge >= 0.3 is 0 Å². The molecule has 0 aliphatic heterocycles. The molecule has 0 spiro atoms. The third-order valence-electron chi connectivity index (χ3n) is 7.00. The van der Waals surface area contributed by atoms with Crippen LogP contribution in [0.5, 0.6) is 0 Å². The van der Waals surface area contributed by atoms with Gasteiger partial charge in [0, 0.05) is 10.9 Å². The van der Waals surface area contributed by atoms with E-state index in [0.29, 0.717) is 0 Å². The second-order valence-corrected chi connectivity index (χ2v) is 11.8. The molecule has 5 rings (SSSR count). The lowest BCUT2D eigenvalue weighted by Crippen LogP contribution is -2.10. The van der Waals surface area contributed by atoms with Crippen LogP contribution in [0.3, 0.4) is 0 Å². The van der Waals surface area contributed by atoms with Crippen LogP contribution in [0.2, 0.25) is 0 Å². The van der Waals surface area contributed by atoms with Gasteiger partial charge in [0.2, 0.25) is 0 Å². The van der Waals surface area contributed by atoms with Crippen molar-refractivity contribution in [2.45, 2.75) is 52.4 Å². The molecule has 0 aliphatic rings. The van der Waals surface area contributed by atoms with Gasteiger partial charge in [-0.05, 0) is 68.5 Å². The van der Waals surface area contributed by atoms with Gasteiger partial charge in [-0.2, -0.15) is 0 Å². The normalized spacial score (nSPS) is 12.2. The number of rotatable bonds is 3. The quantitative estimate of drug-likeness (QED) is 0.256. The monoisotopic (exact) mass is 469 g/mol. The molecule has 1 nitrogen and oxygen atoms in total. The van der Waals surface area contributed by atoms with Crippen molar-refractivity contribution in [2.24, 2.45) is 0 Å². The number of aromatic nitrogens is 1. The lowest BCUT2D eigenvalue weighted by molar-refractivity contribution is 0.590. The maximum atomic E-state index is 5.05. The van der Waals surface area contributed by atoms with Gasteiger partial charge in [-0.3, -0.25) is 0 Å². The largest absolute Gasteiger partial charge is 0.248 e. The van der Waals surface area contributed by atoms with Crippen molar-refractivity contribution in [1.29, 1.82) is 0 Å². The highest BCUT2D eigenvalue weighted by Crippen LogP contribution is 2.32. The Morgan fingerprint density at radius 3 is 1.56 bits per heavy atom. The fourth-order valence-corrected chi connectivity index (χ4v) is 4.64. The molecule has 0 aliphatic carbocycles. The van der Waals surface area contributed by atoms with E-state index >= 15 is 0 Å². The minimum atomic E-state index is 0.101. The summed E-state index contributed by atoms with van der Waals surface area (Å²) >= 11 is 0. The van der Waals surface area contributed by atoms with Crippen LogP contribution >= 0.6 is 0 Å². The highest BCUT2D eigenvalue weighted by Gasteiger charge is 2.15. The number of hydrogen-bond donors (Lipinski definition) is 0. The average Bonchev–Trinajstić information content (AvgIpc) is 2.87. The van der Waals surface area contributed by atoms with Gasteiger partial charge in [0.25, 0.3) is 0 Å². The van der Waals surface area contributed by atoms with E-state index in [1.807, 2.05) is 0 Å². The second kappa shape index (κ2) is 9.06. The lowest BCUT2D eigenvalue weighted by atomic mass is 9.86. The fourth-order valence-electron chi connectivity index (χ4n) is 4.64. The van der Waals surface area contributed by atoms with Crippen molar-refractivity contribution in [3.8, 4) is 33.5 Å². The SMILES string of the molecule is CC(C)(C)c1ccc(-c2cccc(-c3cccc(-c4ccc5ccc(C(C)(C)C)cc5n4)c3)c2)cc1. The van der Waals surface area contributed by atoms with Crippen molar-refractivity contribution in [3.63, 3.8) is 0 Å². The first kappa shape index (κ1) is 24.0. The number of benzene rings is 4. The summed E-state index contributed by atoms with van der Waals surface area (Å²) in [7, 11) is 0. The summed E-state index contributed by atoms with van der Waals surface area (Å²) in [6.07, 6.45) is 0. The van der Waals surface area contributed by atoms with Gasteiger partial charge in [0.15, 0.2) is 0 Å². The second-order valence-electron chi connectivity index (χ2n) is 11.8. The Morgan fingerprint density at radius 1 is 0.444 bits per heavy atom. The highest BCUT2D eigenvalue weighted by atomic mass is 14.7. The van der Waals surface area contributed by atoms with Crippen LogP contribution in [0.15, 0.2) is 103 Å². The molecule has 0 fully saturated rings. The maximum absolute atomic E-state index is 5.05. The summed E-state index contributed by atoms with van der Waals surface area (Å²) in [5.41, 5.74) is 11.0. The molecule has 0 saturated carbocycles. The molecule has 0 N–H and O–H groups in total. The first-order valence-corrected chi connectivity index (χ1v) is 12.8. The third kappa shape index (κ3) is 4.97. The van der Waals surface area contributed by atoms with Crippen LogP contribution < -0.4 is 0 Å². The summed E-state index contributed by atoms with van der Waals surface area (Å²) < 4.78 is 0. The van der Waals surface area contributed by atoms with Crippen LogP contribution in [-0.2, 0) is 10.8 Å². The topological polar surface area (TPSA) is 12.9 Å². The Bertz CT molecular complexity index is 1530. The van der Waals surface area contributed by atoms with E-state index in [4.69, 9.17) is 4.98 Å². The van der Waals surface area contributed by atoms with E-state index in [1.54, 1.807) is 0 Å². The lowest BCUT2D eigenvalue weighted by Gasteiger charge is -2.19. The van der Waals surface area contributed by atoms with Gasteiger partial charge in [-0.25, -0.2) is 4.98 Å². The molecule has 0 amide bonds. The zero-order chi connectivity index (χ0) is 25.5. The van der Waals surface area contributed by atoms with Crippen molar-refractivity contribution < 1.29 is 0 Å². The molecule has 1 aromatic heterocycles. The number of hydrogen-bond acceptors (Lipinski definition) is 1. The first-order chi connectivity index (χ1) is 17.1. The Balaban J connectivity index is 1.49. The number of fused-ring (bicyclic) bond motifs is 1. The van der Waals surface area contributed by atoms with E-state index in [2.05, 4.69) is 145 Å². The van der Waals surface area contributed by atoms with Crippen molar-refractivity contribution in [2.75, 3.05) is 0 Å². The van der Waals surface area contributed by atoms with Crippen LogP contribution in [0, 0.1) is 0 Å². The molecular weight excluding hydrogens is 434 g/mol. The Hall–Kier alpha value is -3.71. The van der Waals surface area contributed by atoms with Gasteiger partial charge in [-0.1, -0.05) is 120 Å². The van der Waals surface area contributed by atoms with Crippen molar-refractivity contribution in [1.82, 2.24) is 4.98 Å². The van der Waals surface area contributed by atoms with E-state index in [0.717, 1.165) is 16.8 Å². The van der Waals surface area contributed by atoms with Gasteiger partial charge in [0.05, 0.1) is 11.2 Å². The van der Waals surface area contributed by atoms with Crippen LogP contribution in [0.4, 0.5) is 0 Å². The van der Waals surface area contributed by atoms with E-state index in [1.165, 1.54) is 38.8 Å². The molecule has 4 aromatic carbocycles. The number of nitrogens with zero attached hydrogens (tertiary/aromatic N) is 1. The molecule has 180 valence electrons. The summed E-state index contributed by atoms with van der Waals surface area (Å²) in [4.78, 5) is 5.05. The van der Waals surface area contributed by atoms with Crippen LogP contribution in [0.25, 0.3) is 44.4 Å². The molecule has 5 aromatic rings. The zero-order valence-corrected chi connectivity index (χ0v) is 22.3. The van der Waals surface area contributed by atoms with Crippen molar-refractivity contribution >= 4 is 10.9 Å². The van der Waals surface area contributed by atoms with Gasteiger partial charge in [0.1, 0.15) is 0 Å². The minimum absolute atomic E-state index is 0.101. The first-order valence-electron chi connectivity index (χ1n) is 12.8. The average molecular weight is 470 g/mol. The molecule has 0 unspecified atom stereocenters. The number of pyridine rings is 1. The predicted molar refractivity (Wildman–Crippen MR) is 155 cm³/mol. The fraction of sp³-hybridized carbons (Fsp3) is 0.229. The summed E-state index contributed by atoms with van der Waals surface area (Å²) in [5, 5.41) is 1.17.